The Kier molecular flexibility index (Phi) is 4.42. The maximum absolute atomic E-state index is 13.3. The lowest BCUT2D eigenvalue weighted by Gasteiger charge is -2.27. The number of amides is 1. The molecule has 6 nitrogen and oxygen atoms in total. The van der Waals surface area contributed by atoms with Gasteiger partial charge in [-0.05, 0) is 24.6 Å². The van der Waals surface area contributed by atoms with E-state index in [1.807, 2.05) is 0 Å². The van der Waals surface area contributed by atoms with Crippen molar-refractivity contribution in [1.82, 2.24) is 5.32 Å². The molecule has 1 saturated heterocycles. The summed E-state index contributed by atoms with van der Waals surface area (Å²) in [6, 6.07) is 3.58. The van der Waals surface area contributed by atoms with Gasteiger partial charge in [0, 0.05) is 6.61 Å². The van der Waals surface area contributed by atoms with Crippen LogP contribution in [0.4, 0.5) is 4.39 Å². The van der Waals surface area contributed by atoms with Gasteiger partial charge in [0.25, 0.3) is 5.91 Å². The van der Waals surface area contributed by atoms with E-state index >= 15 is 0 Å². The molecule has 0 bridgehead atoms. The van der Waals surface area contributed by atoms with E-state index in [1.165, 1.54) is 19.2 Å². The number of hydrogen-bond acceptors (Lipinski definition) is 4. The van der Waals surface area contributed by atoms with E-state index in [0.29, 0.717) is 13.0 Å². The van der Waals surface area contributed by atoms with Gasteiger partial charge in [-0.1, -0.05) is 0 Å². The molecule has 7 heteroatoms. The second-order valence-electron chi connectivity index (χ2n) is 4.95. The van der Waals surface area contributed by atoms with Crippen molar-refractivity contribution in [3.05, 3.63) is 29.6 Å². The molecule has 0 radical (unpaired) electrons. The first-order valence-electron chi connectivity index (χ1n) is 6.41. The van der Waals surface area contributed by atoms with Crippen molar-refractivity contribution in [2.75, 3.05) is 20.3 Å². The molecule has 1 amide bonds. The van der Waals surface area contributed by atoms with Crippen molar-refractivity contribution in [3.8, 4) is 5.75 Å². The molecule has 1 aliphatic rings. The number of carbonyl (C=O) groups excluding carboxylic acids is 1. The van der Waals surface area contributed by atoms with Gasteiger partial charge in [-0.15, -0.1) is 0 Å². The third-order valence-corrected chi connectivity index (χ3v) is 3.38. The quantitative estimate of drug-likeness (QED) is 0.853. The number of nitrogens with one attached hydrogen (secondary N) is 1. The molecule has 1 aliphatic heterocycles. The van der Waals surface area contributed by atoms with Crippen LogP contribution in [0.1, 0.15) is 23.2 Å². The summed E-state index contributed by atoms with van der Waals surface area (Å²) >= 11 is 0. The highest BCUT2D eigenvalue weighted by Crippen LogP contribution is 2.25. The van der Waals surface area contributed by atoms with Gasteiger partial charge in [0.15, 0.2) is 0 Å². The van der Waals surface area contributed by atoms with Crippen molar-refractivity contribution in [2.24, 2.45) is 0 Å². The van der Waals surface area contributed by atoms with Crippen molar-refractivity contribution in [1.29, 1.82) is 0 Å². The highest BCUT2D eigenvalue weighted by atomic mass is 19.1. The number of benzene rings is 1. The van der Waals surface area contributed by atoms with Gasteiger partial charge in [0.2, 0.25) is 0 Å². The van der Waals surface area contributed by atoms with E-state index < -0.39 is 23.2 Å². The van der Waals surface area contributed by atoms with Crippen LogP contribution < -0.4 is 10.1 Å². The lowest BCUT2D eigenvalue weighted by atomic mass is 9.93. The molecule has 1 aromatic rings. The summed E-state index contributed by atoms with van der Waals surface area (Å²) in [5, 5.41) is 11.6. The standard InChI is InChI=1S/C14H16FNO5/c1-20-11-3-2-9(15)6-10(11)13(19)16-14(7-12(17)18)4-5-21-8-14/h2-3,6H,4-5,7-8H2,1H3,(H,16,19)(H,17,18). The SMILES string of the molecule is COc1ccc(F)cc1C(=O)NC1(CC(=O)O)CCOC1. The molecule has 1 fully saturated rings. The lowest BCUT2D eigenvalue weighted by molar-refractivity contribution is -0.138. The number of hydrogen-bond donors (Lipinski definition) is 2. The minimum atomic E-state index is -1.04. The number of carbonyl (C=O) groups is 2. The number of carboxylic acids is 1. The number of methoxy groups -OCH3 is 1. The smallest absolute Gasteiger partial charge is 0.305 e. The number of carboxylic acid groups (broad SMARTS) is 1. The zero-order valence-electron chi connectivity index (χ0n) is 11.5. The zero-order valence-corrected chi connectivity index (χ0v) is 11.5. The van der Waals surface area contributed by atoms with Gasteiger partial charge in [0.05, 0.1) is 31.2 Å². The van der Waals surface area contributed by atoms with E-state index in [-0.39, 0.29) is 24.3 Å². The Bertz CT molecular complexity index is 554. The summed E-state index contributed by atoms with van der Waals surface area (Å²) < 4.78 is 23.5. The van der Waals surface area contributed by atoms with E-state index in [4.69, 9.17) is 14.6 Å². The van der Waals surface area contributed by atoms with Crippen LogP contribution >= 0.6 is 0 Å². The Balaban J connectivity index is 2.23. The number of rotatable bonds is 5. The molecular formula is C14H16FNO5. The van der Waals surface area contributed by atoms with Gasteiger partial charge in [-0.2, -0.15) is 0 Å². The van der Waals surface area contributed by atoms with Crippen LogP contribution in [0, 0.1) is 5.82 Å². The van der Waals surface area contributed by atoms with Gasteiger partial charge in [-0.3, -0.25) is 9.59 Å². The van der Waals surface area contributed by atoms with Crippen LogP contribution in [0.5, 0.6) is 5.75 Å². The molecule has 1 heterocycles. The van der Waals surface area contributed by atoms with Gasteiger partial charge < -0.3 is 19.9 Å². The molecule has 0 spiro atoms. The Morgan fingerprint density at radius 2 is 2.29 bits per heavy atom. The molecule has 114 valence electrons. The predicted octanol–water partition coefficient (Wildman–Crippen LogP) is 1.20. The first kappa shape index (κ1) is 15.2. The molecule has 1 aromatic carbocycles. The third kappa shape index (κ3) is 3.49. The molecule has 0 saturated carbocycles. The Labute approximate surface area is 120 Å². The van der Waals surface area contributed by atoms with E-state index in [2.05, 4.69) is 5.32 Å². The summed E-state index contributed by atoms with van der Waals surface area (Å²) in [6.45, 7) is 0.483. The average Bonchev–Trinajstić information content (AvgIpc) is 2.85. The van der Waals surface area contributed by atoms with Crippen molar-refractivity contribution in [2.45, 2.75) is 18.4 Å². The highest BCUT2D eigenvalue weighted by molar-refractivity contribution is 5.97. The number of aliphatic carboxylic acids is 1. The van der Waals surface area contributed by atoms with Crippen LogP contribution in [0.25, 0.3) is 0 Å². The van der Waals surface area contributed by atoms with Crippen molar-refractivity contribution >= 4 is 11.9 Å². The first-order valence-corrected chi connectivity index (χ1v) is 6.41. The van der Waals surface area contributed by atoms with Crippen molar-refractivity contribution < 1.29 is 28.6 Å². The predicted molar refractivity (Wildman–Crippen MR) is 70.8 cm³/mol. The minimum absolute atomic E-state index is 0.0224. The fourth-order valence-corrected chi connectivity index (χ4v) is 2.34. The van der Waals surface area contributed by atoms with E-state index in [0.717, 1.165) is 6.07 Å². The van der Waals surface area contributed by atoms with Crippen LogP contribution in [0.15, 0.2) is 18.2 Å². The molecule has 21 heavy (non-hydrogen) atoms. The summed E-state index contributed by atoms with van der Waals surface area (Å²) in [5.74, 6) is -1.97. The summed E-state index contributed by atoms with van der Waals surface area (Å²) in [6.07, 6.45) is 0.138. The largest absolute Gasteiger partial charge is 0.496 e. The van der Waals surface area contributed by atoms with Gasteiger partial charge >= 0.3 is 5.97 Å². The minimum Gasteiger partial charge on any atom is -0.496 e. The molecule has 2 rings (SSSR count). The van der Waals surface area contributed by atoms with Gasteiger partial charge in [0.1, 0.15) is 11.6 Å². The van der Waals surface area contributed by atoms with Crippen LogP contribution in [-0.2, 0) is 9.53 Å². The Morgan fingerprint density at radius 3 is 2.86 bits per heavy atom. The Hall–Kier alpha value is -2.15. The third-order valence-electron chi connectivity index (χ3n) is 3.38. The van der Waals surface area contributed by atoms with Crippen molar-refractivity contribution in [3.63, 3.8) is 0 Å². The van der Waals surface area contributed by atoms with Crippen LogP contribution in [0.3, 0.4) is 0 Å². The zero-order chi connectivity index (χ0) is 15.5. The molecule has 2 N–H and O–H groups in total. The summed E-state index contributed by atoms with van der Waals surface area (Å²) in [5.41, 5.74) is -0.950. The fourth-order valence-electron chi connectivity index (χ4n) is 2.34. The Morgan fingerprint density at radius 1 is 1.52 bits per heavy atom. The molecule has 0 aliphatic carbocycles. The molecule has 0 aromatic heterocycles. The van der Waals surface area contributed by atoms with Crippen LogP contribution in [0.2, 0.25) is 0 Å². The number of ether oxygens (including phenoxy) is 2. The number of halogens is 1. The highest BCUT2D eigenvalue weighted by Gasteiger charge is 2.39. The maximum Gasteiger partial charge on any atom is 0.305 e. The normalized spacial score (nSPS) is 21.0. The second-order valence-corrected chi connectivity index (χ2v) is 4.95. The molecule has 1 unspecified atom stereocenters. The first-order chi connectivity index (χ1) is 9.96. The second kappa shape index (κ2) is 6.09. The topological polar surface area (TPSA) is 84.9 Å². The summed E-state index contributed by atoms with van der Waals surface area (Å²) in [4.78, 5) is 23.3. The molecular weight excluding hydrogens is 281 g/mol. The summed E-state index contributed by atoms with van der Waals surface area (Å²) in [7, 11) is 1.37. The van der Waals surface area contributed by atoms with Gasteiger partial charge in [-0.25, -0.2) is 4.39 Å². The maximum atomic E-state index is 13.3. The van der Waals surface area contributed by atoms with Crippen LogP contribution in [-0.4, -0.2) is 42.8 Å². The average molecular weight is 297 g/mol. The lowest BCUT2D eigenvalue weighted by Crippen LogP contribution is -2.50. The van der Waals surface area contributed by atoms with E-state index in [9.17, 15) is 14.0 Å². The monoisotopic (exact) mass is 297 g/mol. The fraction of sp³-hybridized carbons (Fsp3) is 0.429. The van der Waals surface area contributed by atoms with E-state index in [1.54, 1.807) is 0 Å². The molecule has 1 atom stereocenters.